The molecule has 2 unspecified atom stereocenters. The number of anilines is 2. The van der Waals surface area contributed by atoms with Gasteiger partial charge in [-0.05, 0) is 89.2 Å². The number of H-pyrrole nitrogens is 1. The van der Waals surface area contributed by atoms with Crippen molar-refractivity contribution in [2.75, 3.05) is 18.4 Å². The number of carbonyl (C=O) groups is 2. The summed E-state index contributed by atoms with van der Waals surface area (Å²) >= 11 is 1.07. The van der Waals surface area contributed by atoms with Crippen LogP contribution in [-0.2, 0) is 4.79 Å². The third-order valence-electron chi connectivity index (χ3n) is 7.52. The number of benzene rings is 1. The number of likely N-dealkylation sites (tertiary alicyclic amines) is 1. The Morgan fingerprint density at radius 2 is 1.84 bits per heavy atom. The molecule has 2 aromatic heterocycles. The highest BCUT2D eigenvalue weighted by Crippen LogP contribution is 2.26. The first-order chi connectivity index (χ1) is 20.4. The first-order valence-electron chi connectivity index (χ1n) is 14.6. The highest BCUT2D eigenvalue weighted by Gasteiger charge is 2.29. The molecule has 0 saturated carbocycles. The van der Waals surface area contributed by atoms with Crippen molar-refractivity contribution in [1.29, 1.82) is 0 Å². The second-order valence-corrected chi connectivity index (χ2v) is 12.0. The minimum atomic E-state index is -0.678. The predicted octanol–water partition coefficient (Wildman–Crippen LogP) is 3.97. The van der Waals surface area contributed by atoms with Crippen molar-refractivity contribution in [3.8, 4) is 0 Å². The summed E-state index contributed by atoms with van der Waals surface area (Å²) in [6.07, 6.45) is 3.53. The van der Waals surface area contributed by atoms with Gasteiger partial charge >= 0.3 is 0 Å². The Bertz CT molecular complexity index is 1610. The Labute approximate surface area is 255 Å². The molecule has 0 radical (unpaired) electrons. The fourth-order valence-electron chi connectivity index (χ4n) is 5.22. The topological polar surface area (TPSA) is 158 Å². The van der Waals surface area contributed by atoms with Crippen molar-refractivity contribution >= 4 is 45.6 Å². The highest BCUT2D eigenvalue weighted by atomic mass is 32.1. The van der Waals surface area contributed by atoms with Gasteiger partial charge in [-0.1, -0.05) is 13.0 Å². The van der Waals surface area contributed by atoms with Gasteiger partial charge in [-0.25, -0.2) is 0 Å². The first-order valence-corrected chi connectivity index (χ1v) is 15.4. The molecule has 5 N–H and O–H groups in total. The average Bonchev–Trinajstić information content (AvgIpc) is 3.70. The van der Waals surface area contributed by atoms with Gasteiger partial charge in [0.25, 0.3) is 17.4 Å². The molecule has 11 nitrogen and oxygen atoms in total. The van der Waals surface area contributed by atoms with E-state index in [4.69, 9.17) is 10.7 Å². The molecule has 1 aliphatic rings. The lowest BCUT2D eigenvalue weighted by atomic mass is 10.0. The van der Waals surface area contributed by atoms with Gasteiger partial charge in [0.1, 0.15) is 22.1 Å². The van der Waals surface area contributed by atoms with Crippen molar-refractivity contribution in [1.82, 2.24) is 13.8 Å². The Morgan fingerprint density at radius 1 is 1.14 bits per heavy atom. The molecule has 3 heterocycles. The molecule has 0 aliphatic carbocycles. The van der Waals surface area contributed by atoms with Crippen LogP contribution in [0.25, 0.3) is 0 Å². The van der Waals surface area contributed by atoms with Crippen LogP contribution in [0.15, 0.2) is 45.2 Å². The second-order valence-electron chi connectivity index (χ2n) is 11.2. The number of aliphatic imine (C=N–C) groups is 2. The zero-order valence-corrected chi connectivity index (χ0v) is 26.4. The number of aryl methyl sites for hydroxylation is 1. The minimum Gasteiger partial charge on any atom is -0.391 e. The molecule has 0 bridgehead atoms. The lowest BCUT2D eigenvalue weighted by Gasteiger charge is -2.18. The maximum absolute atomic E-state index is 13.8. The van der Waals surface area contributed by atoms with Gasteiger partial charge in [-0.15, -0.1) is 0 Å². The molecule has 1 saturated heterocycles. The fourth-order valence-corrected chi connectivity index (χ4v) is 5.98. The standard InChI is InChI=1S/C31H41N7O4S/c1-7-23(39)19(5)34-27(32)25-28(40)36-43-29(25)35-22-12-10-11-21(15-22)30(41)38-16-18(4)24(20(38)6)26(33-17(2)3)31(42)37-13-8-9-14-37/h10-12,15-17,19,23,35,39H,7-9,13-14H2,1-6H3,(H2,32,34)(H,36,40). The molecule has 1 amide bonds. The van der Waals surface area contributed by atoms with Crippen LogP contribution in [0.2, 0.25) is 0 Å². The third-order valence-corrected chi connectivity index (χ3v) is 8.32. The van der Waals surface area contributed by atoms with E-state index in [0.717, 1.165) is 29.9 Å². The van der Waals surface area contributed by atoms with Crippen LogP contribution < -0.4 is 16.6 Å². The van der Waals surface area contributed by atoms with Crippen molar-refractivity contribution in [3.63, 3.8) is 0 Å². The quantitative estimate of drug-likeness (QED) is 0.202. The largest absolute Gasteiger partial charge is 0.391 e. The summed E-state index contributed by atoms with van der Waals surface area (Å²) in [6.45, 7) is 12.6. The van der Waals surface area contributed by atoms with E-state index in [1.165, 1.54) is 0 Å². The van der Waals surface area contributed by atoms with Gasteiger partial charge in [-0.3, -0.25) is 33.3 Å². The number of amidine groups is 1. The average molecular weight is 608 g/mol. The van der Waals surface area contributed by atoms with Crippen LogP contribution >= 0.6 is 11.5 Å². The fraction of sp³-hybridized carbons (Fsp3) is 0.452. The number of rotatable bonds is 10. The number of hydrogen-bond acceptors (Lipinski definition) is 8. The number of aliphatic hydroxyl groups excluding tert-OH is 1. The summed E-state index contributed by atoms with van der Waals surface area (Å²) < 4.78 is 4.23. The van der Waals surface area contributed by atoms with E-state index in [1.54, 1.807) is 42.0 Å². The lowest BCUT2D eigenvalue weighted by Crippen LogP contribution is -2.35. The smallest absolute Gasteiger partial charge is 0.272 e. The Morgan fingerprint density at radius 3 is 2.49 bits per heavy atom. The molecule has 1 aromatic carbocycles. The van der Waals surface area contributed by atoms with Crippen LogP contribution in [0.3, 0.4) is 0 Å². The molecule has 1 aliphatic heterocycles. The van der Waals surface area contributed by atoms with Gasteiger partial charge in [0.05, 0.1) is 12.1 Å². The summed E-state index contributed by atoms with van der Waals surface area (Å²) in [5, 5.41) is 13.7. The molecular formula is C31H41N7O4S. The van der Waals surface area contributed by atoms with E-state index < -0.39 is 17.7 Å². The molecule has 1 fully saturated rings. The van der Waals surface area contributed by atoms with E-state index in [0.29, 0.717) is 52.7 Å². The summed E-state index contributed by atoms with van der Waals surface area (Å²) in [4.78, 5) is 50.7. The van der Waals surface area contributed by atoms with Crippen LogP contribution in [0, 0.1) is 13.8 Å². The van der Waals surface area contributed by atoms with Crippen molar-refractivity contribution in [3.05, 3.63) is 68.8 Å². The number of carbonyl (C=O) groups excluding carboxylic acids is 2. The zero-order chi connectivity index (χ0) is 31.4. The molecular weight excluding hydrogens is 566 g/mol. The van der Waals surface area contributed by atoms with Gasteiger partial charge in [0, 0.05) is 47.8 Å². The van der Waals surface area contributed by atoms with E-state index in [-0.39, 0.29) is 29.3 Å². The Kier molecular flexibility index (Phi) is 10.0. The monoisotopic (exact) mass is 607 g/mol. The Hall–Kier alpha value is -4.03. The maximum atomic E-state index is 13.8. The van der Waals surface area contributed by atoms with Crippen LogP contribution in [-0.4, -0.2) is 73.6 Å². The highest BCUT2D eigenvalue weighted by molar-refractivity contribution is 7.10. The minimum absolute atomic E-state index is 0.0190. The normalized spacial score (nSPS) is 15.7. The Balaban J connectivity index is 1.64. The molecule has 4 rings (SSSR count). The summed E-state index contributed by atoms with van der Waals surface area (Å²) in [5.41, 5.74) is 9.47. The lowest BCUT2D eigenvalue weighted by molar-refractivity contribution is -0.123. The maximum Gasteiger partial charge on any atom is 0.272 e. The number of aliphatic hydroxyl groups is 1. The number of amides is 1. The van der Waals surface area contributed by atoms with Gasteiger partial charge in [0.15, 0.2) is 0 Å². The molecule has 3 aromatic rings. The number of aromatic amines is 1. The van der Waals surface area contributed by atoms with E-state index in [9.17, 15) is 19.5 Å². The van der Waals surface area contributed by atoms with E-state index in [1.807, 2.05) is 39.5 Å². The number of nitrogens with two attached hydrogens (primary N) is 1. The molecule has 2 atom stereocenters. The van der Waals surface area contributed by atoms with Crippen molar-refractivity contribution < 1.29 is 14.7 Å². The van der Waals surface area contributed by atoms with Crippen molar-refractivity contribution in [2.45, 2.75) is 79.0 Å². The van der Waals surface area contributed by atoms with Crippen LogP contribution in [0.4, 0.5) is 10.7 Å². The second kappa shape index (κ2) is 13.5. The van der Waals surface area contributed by atoms with Gasteiger partial charge in [-0.2, -0.15) is 0 Å². The third kappa shape index (κ3) is 6.97. The molecule has 12 heteroatoms. The summed E-state index contributed by atoms with van der Waals surface area (Å²) in [6, 6.07) is 6.37. The van der Waals surface area contributed by atoms with E-state index >= 15 is 0 Å². The molecule has 230 valence electrons. The zero-order valence-electron chi connectivity index (χ0n) is 25.6. The number of nitrogens with one attached hydrogen (secondary N) is 2. The van der Waals surface area contributed by atoms with Gasteiger partial charge in [0.2, 0.25) is 0 Å². The first kappa shape index (κ1) is 31.9. The SMILES string of the molecule is CCC(O)C(C)N=C(N)c1c(Nc2cccc(C(=O)n3cc(C)c(C(=NC(C)C)C(=O)N4CCCC4)c3C)c2)s[nH]c1=O. The molecule has 43 heavy (non-hydrogen) atoms. The summed E-state index contributed by atoms with van der Waals surface area (Å²) in [5.74, 6) is -0.346. The van der Waals surface area contributed by atoms with Crippen LogP contribution in [0.1, 0.15) is 79.7 Å². The van der Waals surface area contributed by atoms with Crippen molar-refractivity contribution in [2.24, 2.45) is 15.7 Å². The summed E-state index contributed by atoms with van der Waals surface area (Å²) in [7, 11) is 0. The number of aromatic nitrogens is 2. The van der Waals surface area contributed by atoms with Crippen LogP contribution in [0.5, 0.6) is 0 Å². The predicted molar refractivity (Wildman–Crippen MR) is 172 cm³/mol. The van der Waals surface area contributed by atoms with E-state index in [2.05, 4.69) is 14.7 Å². The number of hydrogen-bond donors (Lipinski definition) is 4. The number of nitrogens with zero attached hydrogens (tertiary/aromatic N) is 4. The molecule has 0 spiro atoms. The van der Waals surface area contributed by atoms with Gasteiger partial charge < -0.3 is 21.1 Å².